The van der Waals surface area contributed by atoms with E-state index in [0.29, 0.717) is 5.56 Å². The highest BCUT2D eigenvalue weighted by atomic mass is 19.3. The van der Waals surface area contributed by atoms with E-state index in [1.807, 2.05) is 0 Å². The van der Waals surface area contributed by atoms with E-state index in [0.717, 1.165) is 31.6 Å². The van der Waals surface area contributed by atoms with E-state index in [-0.39, 0.29) is 11.7 Å². The van der Waals surface area contributed by atoms with Crippen molar-refractivity contribution in [3.63, 3.8) is 0 Å². The first kappa shape index (κ1) is 15.2. The van der Waals surface area contributed by atoms with Crippen LogP contribution >= 0.6 is 0 Å². The molecule has 4 heteroatoms. The predicted octanol–water partition coefficient (Wildman–Crippen LogP) is 4.54. The molecule has 1 aliphatic rings. The molecule has 1 saturated carbocycles. The summed E-state index contributed by atoms with van der Waals surface area (Å²) in [6.45, 7) is -0.630. The van der Waals surface area contributed by atoms with Gasteiger partial charge in [0.1, 0.15) is 5.75 Å². The van der Waals surface area contributed by atoms with E-state index in [1.54, 1.807) is 12.1 Å². The molecule has 0 saturated heterocycles. The Morgan fingerprint density at radius 3 is 2.55 bits per heavy atom. The van der Waals surface area contributed by atoms with Crippen molar-refractivity contribution >= 4 is 0 Å². The van der Waals surface area contributed by atoms with Crippen molar-refractivity contribution in [2.75, 3.05) is 0 Å². The lowest BCUT2D eigenvalue weighted by atomic mass is 9.77. The third-order valence-corrected chi connectivity index (χ3v) is 4.34. The van der Waals surface area contributed by atoms with Gasteiger partial charge >= 0.3 is 6.61 Å². The quantitative estimate of drug-likeness (QED) is 0.860. The Bertz CT molecular complexity index is 415. The Morgan fingerprint density at radius 1 is 1.25 bits per heavy atom. The molecule has 2 rings (SSSR count). The largest absolute Gasteiger partial charge is 0.435 e. The summed E-state index contributed by atoms with van der Waals surface area (Å²) in [5, 5.41) is 10.4. The molecule has 0 aromatic heterocycles. The molecule has 1 N–H and O–H groups in total. The van der Waals surface area contributed by atoms with E-state index in [1.165, 1.54) is 18.6 Å². The Balaban J connectivity index is 2.00. The van der Waals surface area contributed by atoms with Crippen molar-refractivity contribution in [3.8, 4) is 5.75 Å². The van der Waals surface area contributed by atoms with E-state index >= 15 is 0 Å². The fraction of sp³-hybridized carbons (Fsp3) is 0.625. The number of alkyl halides is 2. The van der Waals surface area contributed by atoms with Crippen LogP contribution in [0, 0.1) is 11.8 Å². The number of aliphatic hydroxyl groups is 1. The van der Waals surface area contributed by atoms with Gasteiger partial charge in [-0.2, -0.15) is 8.78 Å². The molecule has 1 unspecified atom stereocenters. The Kier molecular flexibility index (Phi) is 5.35. The molecule has 1 aliphatic carbocycles. The van der Waals surface area contributed by atoms with Gasteiger partial charge in [0.05, 0.1) is 6.10 Å². The van der Waals surface area contributed by atoms with Gasteiger partial charge in [-0.1, -0.05) is 38.3 Å². The van der Waals surface area contributed by atoms with Crippen molar-refractivity contribution in [1.29, 1.82) is 0 Å². The highest BCUT2D eigenvalue weighted by Crippen LogP contribution is 2.38. The molecule has 1 atom stereocenters. The summed E-state index contributed by atoms with van der Waals surface area (Å²) in [5.41, 5.74) is 0.670. The molecule has 1 fully saturated rings. The predicted molar refractivity (Wildman–Crippen MR) is 73.8 cm³/mol. The molecule has 0 heterocycles. The second-order valence-electron chi connectivity index (χ2n) is 5.58. The van der Waals surface area contributed by atoms with Crippen LogP contribution in [0.2, 0.25) is 0 Å². The number of benzene rings is 1. The first-order valence-corrected chi connectivity index (χ1v) is 7.33. The van der Waals surface area contributed by atoms with Crippen LogP contribution in [-0.4, -0.2) is 11.7 Å². The zero-order chi connectivity index (χ0) is 14.5. The van der Waals surface area contributed by atoms with E-state index in [2.05, 4.69) is 11.7 Å². The summed E-state index contributed by atoms with van der Waals surface area (Å²) < 4.78 is 28.8. The van der Waals surface area contributed by atoms with Gasteiger partial charge in [-0.15, -0.1) is 0 Å². The number of hydrogen-bond acceptors (Lipinski definition) is 2. The highest BCUT2D eigenvalue weighted by Gasteiger charge is 2.26. The van der Waals surface area contributed by atoms with E-state index in [4.69, 9.17) is 0 Å². The van der Waals surface area contributed by atoms with Crippen LogP contribution in [0.1, 0.15) is 50.7 Å². The Morgan fingerprint density at radius 2 is 1.95 bits per heavy atom. The van der Waals surface area contributed by atoms with Gasteiger partial charge in [-0.05, 0) is 42.4 Å². The Labute approximate surface area is 118 Å². The monoisotopic (exact) mass is 284 g/mol. The van der Waals surface area contributed by atoms with Gasteiger partial charge in [0.25, 0.3) is 0 Å². The molecule has 0 aliphatic heterocycles. The molecule has 0 amide bonds. The fourth-order valence-corrected chi connectivity index (χ4v) is 3.06. The molecule has 20 heavy (non-hydrogen) atoms. The maximum Gasteiger partial charge on any atom is 0.387 e. The van der Waals surface area contributed by atoms with Crippen LogP contribution in [-0.2, 0) is 0 Å². The van der Waals surface area contributed by atoms with Crippen molar-refractivity contribution in [3.05, 3.63) is 29.8 Å². The van der Waals surface area contributed by atoms with E-state index < -0.39 is 12.7 Å². The zero-order valence-electron chi connectivity index (χ0n) is 11.8. The lowest BCUT2D eigenvalue weighted by Gasteiger charge is -2.31. The van der Waals surface area contributed by atoms with Crippen LogP contribution in [0.5, 0.6) is 5.75 Å². The van der Waals surface area contributed by atoms with Crippen LogP contribution in [0.3, 0.4) is 0 Å². The number of halogens is 2. The lowest BCUT2D eigenvalue weighted by Crippen LogP contribution is -2.20. The summed E-state index contributed by atoms with van der Waals surface area (Å²) in [6, 6.07) is 6.42. The minimum absolute atomic E-state index is 0.110. The van der Waals surface area contributed by atoms with Crippen LogP contribution in [0.15, 0.2) is 24.3 Å². The number of hydrogen-bond donors (Lipinski definition) is 1. The maximum absolute atomic E-state index is 12.2. The maximum atomic E-state index is 12.2. The molecule has 1 aromatic rings. The smallest absolute Gasteiger partial charge is 0.387 e. The summed E-state index contributed by atoms with van der Waals surface area (Å²) >= 11 is 0. The molecule has 1 aromatic carbocycles. The molecule has 112 valence electrons. The third kappa shape index (κ3) is 3.92. The topological polar surface area (TPSA) is 29.5 Å². The minimum atomic E-state index is -2.83. The summed E-state index contributed by atoms with van der Waals surface area (Å²) in [5.74, 6) is 1.10. The van der Waals surface area contributed by atoms with Crippen molar-refractivity contribution in [1.82, 2.24) is 0 Å². The van der Waals surface area contributed by atoms with E-state index in [9.17, 15) is 13.9 Å². The lowest BCUT2D eigenvalue weighted by molar-refractivity contribution is -0.0500. The van der Waals surface area contributed by atoms with Crippen LogP contribution in [0.25, 0.3) is 0 Å². The van der Waals surface area contributed by atoms with Crippen LogP contribution in [0.4, 0.5) is 8.78 Å². The molecular weight excluding hydrogens is 262 g/mol. The standard InChI is InChI=1S/C16H22F2O2/c1-2-11-6-8-12(9-7-11)15(19)13-4-3-5-14(10-13)20-16(17)18/h3-5,10-12,15-16,19H,2,6-9H2,1H3. The molecule has 0 spiro atoms. The Hall–Kier alpha value is -1.16. The second-order valence-corrected chi connectivity index (χ2v) is 5.58. The number of ether oxygens (including phenoxy) is 1. The van der Waals surface area contributed by atoms with Crippen LogP contribution < -0.4 is 4.74 Å². The van der Waals surface area contributed by atoms with Gasteiger partial charge in [-0.25, -0.2) is 0 Å². The molecular formula is C16H22F2O2. The van der Waals surface area contributed by atoms with Gasteiger partial charge in [0, 0.05) is 0 Å². The number of rotatable bonds is 5. The fourth-order valence-electron chi connectivity index (χ4n) is 3.06. The second kappa shape index (κ2) is 7.02. The summed E-state index contributed by atoms with van der Waals surface area (Å²) in [6.07, 6.45) is 4.89. The third-order valence-electron chi connectivity index (χ3n) is 4.34. The molecule has 0 bridgehead atoms. The molecule has 0 radical (unpaired) electrons. The van der Waals surface area contributed by atoms with Gasteiger partial charge in [-0.3, -0.25) is 0 Å². The van der Waals surface area contributed by atoms with Crippen molar-refractivity contribution in [2.45, 2.75) is 51.7 Å². The van der Waals surface area contributed by atoms with Crippen molar-refractivity contribution < 1.29 is 18.6 Å². The zero-order valence-corrected chi connectivity index (χ0v) is 11.8. The van der Waals surface area contributed by atoms with Gasteiger partial charge < -0.3 is 9.84 Å². The first-order valence-electron chi connectivity index (χ1n) is 7.33. The normalized spacial score (nSPS) is 24.6. The number of aliphatic hydroxyl groups excluding tert-OH is 1. The summed E-state index contributed by atoms with van der Waals surface area (Å²) in [4.78, 5) is 0. The SMILES string of the molecule is CCC1CCC(C(O)c2cccc(OC(F)F)c2)CC1. The van der Waals surface area contributed by atoms with Gasteiger partial charge in [0.15, 0.2) is 0 Å². The first-order chi connectivity index (χ1) is 9.60. The average Bonchev–Trinajstić information content (AvgIpc) is 2.46. The summed E-state index contributed by atoms with van der Waals surface area (Å²) in [7, 11) is 0. The molecule has 2 nitrogen and oxygen atoms in total. The minimum Gasteiger partial charge on any atom is -0.435 e. The highest BCUT2D eigenvalue weighted by molar-refractivity contribution is 5.30. The van der Waals surface area contributed by atoms with Crippen molar-refractivity contribution in [2.24, 2.45) is 11.8 Å². The average molecular weight is 284 g/mol. The van der Waals surface area contributed by atoms with Gasteiger partial charge in [0.2, 0.25) is 0 Å².